The minimum absolute atomic E-state index is 0.177. The van der Waals surface area contributed by atoms with Gasteiger partial charge < -0.3 is 11.5 Å². The summed E-state index contributed by atoms with van der Waals surface area (Å²) in [6, 6.07) is 0. The van der Waals surface area contributed by atoms with Crippen molar-refractivity contribution in [1.29, 1.82) is 0 Å². The van der Waals surface area contributed by atoms with Crippen LogP contribution in [0.5, 0.6) is 0 Å². The molecule has 2 heteroatoms. The van der Waals surface area contributed by atoms with Crippen LogP contribution in [0.2, 0.25) is 0 Å². The van der Waals surface area contributed by atoms with E-state index >= 15 is 0 Å². The van der Waals surface area contributed by atoms with E-state index in [0.29, 0.717) is 23.7 Å². The highest BCUT2D eigenvalue weighted by Crippen LogP contribution is 2.37. The minimum Gasteiger partial charge on any atom is -0.325 e. The van der Waals surface area contributed by atoms with Crippen molar-refractivity contribution in [2.45, 2.75) is 72.9 Å². The van der Waals surface area contributed by atoms with Crippen LogP contribution >= 0.6 is 0 Å². The maximum Gasteiger partial charge on any atom is 0.0218 e. The molecule has 0 rings (SSSR count). The van der Waals surface area contributed by atoms with Crippen LogP contribution in [0.3, 0.4) is 0 Å². The Balaban J connectivity index is 5.22. The molecule has 0 fully saturated rings. The van der Waals surface area contributed by atoms with Crippen LogP contribution in [0, 0.1) is 23.7 Å². The Kier molecular flexibility index (Phi) is 5.68. The summed E-state index contributed by atoms with van der Waals surface area (Å²) in [5.74, 6) is 1.79. The highest BCUT2D eigenvalue weighted by atomic mass is 14.9. The van der Waals surface area contributed by atoms with Crippen LogP contribution in [0.1, 0.15) is 61.8 Å². The first kappa shape index (κ1) is 16.9. The highest BCUT2D eigenvalue weighted by molar-refractivity contribution is 5.02. The smallest absolute Gasteiger partial charge is 0.0218 e. The molecule has 0 amide bonds. The predicted octanol–water partition coefficient (Wildman–Crippen LogP) is 3.40. The molecule has 0 saturated carbocycles. The Labute approximate surface area is 109 Å². The van der Waals surface area contributed by atoms with E-state index < -0.39 is 0 Å². The monoisotopic (exact) mass is 242 g/mol. The van der Waals surface area contributed by atoms with Gasteiger partial charge in [0.1, 0.15) is 0 Å². The van der Waals surface area contributed by atoms with Crippen molar-refractivity contribution < 1.29 is 0 Å². The third-order valence-electron chi connectivity index (χ3n) is 4.91. The Morgan fingerprint density at radius 3 is 0.882 bits per heavy atom. The molecule has 0 heterocycles. The summed E-state index contributed by atoms with van der Waals surface area (Å²) in [5.41, 5.74) is 13.0. The van der Waals surface area contributed by atoms with E-state index in [1.54, 1.807) is 0 Å². The molecule has 0 aromatic heterocycles. The van der Waals surface area contributed by atoms with Gasteiger partial charge in [-0.3, -0.25) is 0 Å². The molecular formula is C15H34N2. The molecule has 0 saturated heterocycles. The molecule has 0 atom stereocenters. The normalized spacial score (nSPS) is 14.5. The van der Waals surface area contributed by atoms with Gasteiger partial charge in [0.15, 0.2) is 0 Å². The van der Waals surface area contributed by atoms with Gasteiger partial charge >= 0.3 is 0 Å². The van der Waals surface area contributed by atoms with Gasteiger partial charge in [0.05, 0.1) is 0 Å². The molecular weight excluding hydrogens is 208 g/mol. The molecule has 17 heavy (non-hydrogen) atoms. The maximum absolute atomic E-state index is 6.67. The lowest BCUT2D eigenvalue weighted by Gasteiger charge is -2.48. The lowest BCUT2D eigenvalue weighted by atomic mass is 9.64. The van der Waals surface area contributed by atoms with E-state index in [4.69, 9.17) is 11.5 Å². The molecule has 0 bridgehead atoms. The fraction of sp³-hybridized carbons (Fsp3) is 1.00. The minimum atomic E-state index is -0.177. The van der Waals surface area contributed by atoms with Crippen molar-refractivity contribution in [2.75, 3.05) is 0 Å². The summed E-state index contributed by atoms with van der Waals surface area (Å²) in [5, 5.41) is 0. The van der Waals surface area contributed by atoms with Gasteiger partial charge in [-0.25, -0.2) is 0 Å². The van der Waals surface area contributed by atoms with Crippen molar-refractivity contribution in [1.82, 2.24) is 0 Å². The van der Waals surface area contributed by atoms with Crippen molar-refractivity contribution in [3.05, 3.63) is 0 Å². The average Bonchev–Trinajstić information content (AvgIpc) is 2.15. The molecule has 104 valence electrons. The standard InChI is InChI=1S/C15H34N2/c1-10(2)14(16,11(3)4)9-15(17,12(5)6)13(7)8/h10-13H,9,16-17H2,1-8H3. The zero-order valence-corrected chi connectivity index (χ0v) is 13.2. The summed E-state index contributed by atoms with van der Waals surface area (Å²) in [7, 11) is 0. The third kappa shape index (κ3) is 3.45. The SMILES string of the molecule is CC(C)C(N)(CC(N)(C(C)C)C(C)C)C(C)C. The summed E-state index contributed by atoms with van der Waals surface area (Å²) in [4.78, 5) is 0. The van der Waals surface area contributed by atoms with Crippen molar-refractivity contribution >= 4 is 0 Å². The molecule has 0 radical (unpaired) electrons. The largest absolute Gasteiger partial charge is 0.325 e. The van der Waals surface area contributed by atoms with E-state index in [-0.39, 0.29) is 11.1 Å². The van der Waals surface area contributed by atoms with Gasteiger partial charge in [-0.05, 0) is 30.1 Å². The molecule has 0 aliphatic heterocycles. The fourth-order valence-electron chi connectivity index (χ4n) is 2.68. The Hall–Kier alpha value is -0.0800. The topological polar surface area (TPSA) is 52.0 Å². The second kappa shape index (κ2) is 5.71. The summed E-state index contributed by atoms with van der Waals surface area (Å²) in [6.45, 7) is 17.7. The van der Waals surface area contributed by atoms with Crippen LogP contribution < -0.4 is 11.5 Å². The molecule has 0 aromatic carbocycles. The van der Waals surface area contributed by atoms with Crippen LogP contribution in [-0.2, 0) is 0 Å². The van der Waals surface area contributed by atoms with E-state index in [0.717, 1.165) is 6.42 Å². The van der Waals surface area contributed by atoms with Gasteiger partial charge in [0.25, 0.3) is 0 Å². The first-order valence-corrected chi connectivity index (χ1v) is 7.06. The van der Waals surface area contributed by atoms with E-state index in [2.05, 4.69) is 55.4 Å². The second-order valence-electron chi connectivity index (χ2n) is 7.02. The van der Waals surface area contributed by atoms with Crippen LogP contribution in [-0.4, -0.2) is 11.1 Å². The van der Waals surface area contributed by atoms with E-state index in [1.807, 2.05) is 0 Å². The van der Waals surface area contributed by atoms with Crippen molar-refractivity contribution in [2.24, 2.45) is 35.1 Å². The van der Waals surface area contributed by atoms with Crippen LogP contribution in [0.25, 0.3) is 0 Å². The third-order valence-corrected chi connectivity index (χ3v) is 4.91. The second-order valence-corrected chi connectivity index (χ2v) is 7.02. The molecule has 0 aromatic rings. The lowest BCUT2D eigenvalue weighted by Crippen LogP contribution is -2.61. The molecule has 0 unspecified atom stereocenters. The Morgan fingerprint density at radius 2 is 0.765 bits per heavy atom. The highest BCUT2D eigenvalue weighted by Gasteiger charge is 2.43. The quantitative estimate of drug-likeness (QED) is 0.750. The molecule has 2 nitrogen and oxygen atoms in total. The van der Waals surface area contributed by atoms with Crippen LogP contribution in [0.4, 0.5) is 0 Å². The molecule has 0 spiro atoms. The zero-order chi connectivity index (χ0) is 14.0. The Morgan fingerprint density at radius 1 is 0.588 bits per heavy atom. The molecule has 4 N–H and O–H groups in total. The average molecular weight is 242 g/mol. The number of nitrogens with two attached hydrogens (primary N) is 2. The lowest BCUT2D eigenvalue weighted by molar-refractivity contribution is 0.103. The zero-order valence-electron chi connectivity index (χ0n) is 13.2. The van der Waals surface area contributed by atoms with Gasteiger partial charge in [0, 0.05) is 11.1 Å². The van der Waals surface area contributed by atoms with Crippen molar-refractivity contribution in [3.63, 3.8) is 0 Å². The summed E-state index contributed by atoms with van der Waals surface area (Å²) in [6.07, 6.45) is 0.894. The van der Waals surface area contributed by atoms with Gasteiger partial charge in [-0.1, -0.05) is 55.4 Å². The summed E-state index contributed by atoms with van der Waals surface area (Å²) < 4.78 is 0. The van der Waals surface area contributed by atoms with Gasteiger partial charge in [-0.2, -0.15) is 0 Å². The van der Waals surface area contributed by atoms with Gasteiger partial charge in [-0.15, -0.1) is 0 Å². The molecule has 0 aliphatic rings. The fourth-order valence-corrected chi connectivity index (χ4v) is 2.68. The predicted molar refractivity (Wildman–Crippen MR) is 77.8 cm³/mol. The van der Waals surface area contributed by atoms with Gasteiger partial charge in [0.2, 0.25) is 0 Å². The van der Waals surface area contributed by atoms with Crippen LogP contribution in [0.15, 0.2) is 0 Å². The summed E-state index contributed by atoms with van der Waals surface area (Å²) >= 11 is 0. The Bertz CT molecular complexity index is 189. The first-order chi connectivity index (χ1) is 7.48. The van der Waals surface area contributed by atoms with Crippen molar-refractivity contribution in [3.8, 4) is 0 Å². The number of rotatable bonds is 6. The number of hydrogen-bond acceptors (Lipinski definition) is 2. The van der Waals surface area contributed by atoms with E-state index in [1.165, 1.54) is 0 Å². The number of hydrogen-bond donors (Lipinski definition) is 2. The van der Waals surface area contributed by atoms with E-state index in [9.17, 15) is 0 Å². The molecule has 0 aliphatic carbocycles. The first-order valence-electron chi connectivity index (χ1n) is 7.06. The maximum atomic E-state index is 6.67.